The summed E-state index contributed by atoms with van der Waals surface area (Å²) in [5.41, 5.74) is 0.488. The van der Waals surface area contributed by atoms with Crippen LogP contribution in [0.25, 0.3) is 0 Å². The molecule has 0 saturated carbocycles. The maximum Gasteiger partial charge on any atom is 0.337 e. The average Bonchev–Trinajstić information content (AvgIpc) is 2.53. The van der Waals surface area contributed by atoms with Crippen molar-refractivity contribution in [3.05, 3.63) is 29.8 Å². The van der Waals surface area contributed by atoms with Crippen molar-refractivity contribution in [2.75, 3.05) is 26.7 Å². The van der Waals surface area contributed by atoms with Crippen LogP contribution in [0, 0.1) is 0 Å². The number of carboxylic acid groups (broad SMARTS) is 1. The van der Waals surface area contributed by atoms with Crippen LogP contribution in [-0.4, -0.2) is 54.8 Å². The van der Waals surface area contributed by atoms with Crippen LogP contribution < -0.4 is 4.74 Å². The summed E-state index contributed by atoms with van der Waals surface area (Å²) in [7, 11) is 1.35. The summed E-state index contributed by atoms with van der Waals surface area (Å²) in [6.45, 7) is 2.19. The first-order chi connectivity index (χ1) is 10.6. The standard InChI is InChI=1S/C16H21NO5/c1-21-16(20)12-4-6-13(7-5-12)22-14-3-2-9-17(11-14)10-8-15(18)19/h4-7,14H,2-3,8-11H2,1H3,(H,18,19). The Bertz CT molecular complexity index is 514. The number of likely N-dealkylation sites (tertiary alicyclic amines) is 1. The van der Waals surface area contributed by atoms with E-state index < -0.39 is 5.97 Å². The second kappa shape index (κ2) is 7.79. The maximum absolute atomic E-state index is 11.4. The molecule has 2 rings (SSSR count). The molecule has 1 unspecified atom stereocenters. The summed E-state index contributed by atoms with van der Waals surface area (Å²) in [5.74, 6) is -0.441. The number of aliphatic carboxylic acids is 1. The number of hydrogen-bond acceptors (Lipinski definition) is 5. The molecule has 0 aliphatic carbocycles. The first-order valence-corrected chi connectivity index (χ1v) is 7.37. The molecule has 1 fully saturated rings. The van der Waals surface area contributed by atoms with Gasteiger partial charge in [-0.15, -0.1) is 0 Å². The van der Waals surface area contributed by atoms with Crippen molar-refractivity contribution in [3.8, 4) is 5.75 Å². The quantitative estimate of drug-likeness (QED) is 0.808. The number of carboxylic acids is 1. The fraction of sp³-hybridized carbons (Fsp3) is 0.500. The smallest absolute Gasteiger partial charge is 0.337 e. The molecule has 22 heavy (non-hydrogen) atoms. The van der Waals surface area contributed by atoms with Crippen molar-refractivity contribution in [1.29, 1.82) is 0 Å². The molecule has 0 radical (unpaired) electrons. The van der Waals surface area contributed by atoms with Crippen molar-refractivity contribution in [3.63, 3.8) is 0 Å². The molecule has 0 amide bonds. The number of benzene rings is 1. The van der Waals surface area contributed by atoms with Gasteiger partial charge in [0.1, 0.15) is 11.9 Å². The van der Waals surface area contributed by atoms with Crippen LogP contribution in [0.2, 0.25) is 0 Å². The minimum absolute atomic E-state index is 0.0477. The van der Waals surface area contributed by atoms with Gasteiger partial charge in [0.2, 0.25) is 0 Å². The van der Waals surface area contributed by atoms with Gasteiger partial charge in [-0.3, -0.25) is 9.69 Å². The highest BCUT2D eigenvalue weighted by molar-refractivity contribution is 5.89. The molecule has 1 N–H and O–H groups in total. The predicted molar refractivity (Wildman–Crippen MR) is 80.1 cm³/mol. The normalized spacial score (nSPS) is 18.7. The highest BCUT2D eigenvalue weighted by Gasteiger charge is 2.21. The molecule has 120 valence electrons. The first-order valence-electron chi connectivity index (χ1n) is 7.37. The van der Waals surface area contributed by atoms with Crippen LogP contribution in [0.15, 0.2) is 24.3 Å². The van der Waals surface area contributed by atoms with Crippen LogP contribution in [-0.2, 0) is 9.53 Å². The third-order valence-corrected chi connectivity index (χ3v) is 3.68. The van der Waals surface area contributed by atoms with Crippen LogP contribution >= 0.6 is 0 Å². The number of hydrogen-bond donors (Lipinski definition) is 1. The van der Waals surface area contributed by atoms with Gasteiger partial charge < -0.3 is 14.6 Å². The zero-order valence-corrected chi connectivity index (χ0v) is 12.7. The lowest BCUT2D eigenvalue weighted by Crippen LogP contribution is -2.41. The Labute approximate surface area is 129 Å². The second-order valence-corrected chi connectivity index (χ2v) is 5.34. The number of methoxy groups -OCH3 is 1. The highest BCUT2D eigenvalue weighted by atomic mass is 16.5. The SMILES string of the molecule is COC(=O)c1ccc(OC2CCCN(CCC(=O)O)C2)cc1. The van der Waals surface area contributed by atoms with Crippen LogP contribution in [0.3, 0.4) is 0 Å². The maximum atomic E-state index is 11.4. The molecule has 1 heterocycles. The van der Waals surface area contributed by atoms with Crippen LogP contribution in [0.4, 0.5) is 0 Å². The lowest BCUT2D eigenvalue weighted by atomic mass is 10.1. The van der Waals surface area contributed by atoms with Crippen LogP contribution in [0.5, 0.6) is 5.75 Å². The Hall–Kier alpha value is -2.08. The molecule has 0 spiro atoms. The Kier molecular flexibility index (Phi) is 5.77. The Morgan fingerprint density at radius 3 is 2.68 bits per heavy atom. The van der Waals surface area contributed by atoms with Gasteiger partial charge in [0.15, 0.2) is 0 Å². The molecule has 1 aliphatic rings. The molecular formula is C16H21NO5. The Morgan fingerprint density at radius 2 is 2.05 bits per heavy atom. The fourth-order valence-corrected chi connectivity index (χ4v) is 2.55. The third-order valence-electron chi connectivity index (χ3n) is 3.68. The molecule has 1 aliphatic heterocycles. The molecule has 1 aromatic rings. The lowest BCUT2D eigenvalue weighted by Gasteiger charge is -2.32. The summed E-state index contributed by atoms with van der Waals surface area (Å²) < 4.78 is 10.6. The van der Waals surface area contributed by atoms with E-state index >= 15 is 0 Å². The summed E-state index contributed by atoms with van der Waals surface area (Å²) in [6, 6.07) is 6.85. The number of rotatable bonds is 6. The second-order valence-electron chi connectivity index (χ2n) is 5.34. The van der Waals surface area contributed by atoms with Crippen molar-refractivity contribution in [1.82, 2.24) is 4.90 Å². The van der Waals surface area contributed by atoms with Gasteiger partial charge >= 0.3 is 11.9 Å². The molecule has 1 atom stereocenters. The Morgan fingerprint density at radius 1 is 1.32 bits per heavy atom. The predicted octanol–water partition coefficient (Wildman–Crippen LogP) is 1.79. The van der Waals surface area contributed by atoms with Crippen molar-refractivity contribution in [2.45, 2.75) is 25.4 Å². The van der Waals surface area contributed by atoms with Gasteiger partial charge in [-0.1, -0.05) is 0 Å². The minimum atomic E-state index is -0.776. The third kappa shape index (κ3) is 4.73. The average molecular weight is 307 g/mol. The topological polar surface area (TPSA) is 76.1 Å². The largest absolute Gasteiger partial charge is 0.489 e. The highest BCUT2D eigenvalue weighted by Crippen LogP contribution is 2.19. The summed E-state index contributed by atoms with van der Waals surface area (Å²) >= 11 is 0. The van der Waals surface area contributed by atoms with E-state index in [1.165, 1.54) is 7.11 Å². The van der Waals surface area contributed by atoms with Crippen molar-refractivity contribution in [2.24, 2.45) is 0 Å². The summed E-state index contributed by atoms with van der Waals surface area (Å²) in [6.07, 6.45) is 2.14. The fourth-order valence-electron chi connectivity index (χ4n) is 2.55. The van der Waals surface area contributed by atoms with E-state index in [4.69, 9.17) is 9.84 Å². The van der Waals surface area contributed by atoms with E-state index in [0.29, 0.717) is 17.9 Å². The molecule has 1 saturated heterocycles. The number of esters is 1. The van der Waals surface area contributed by atoms with Gasteiger partial charge in [-0.25, -0.2) is 4.79 Å². The molecule has 1 aromatic carbocycles. The summed E-state index contributed by atoms with van der Waals surface area (Å²) in [5, 5.41) is 8.74. The first kappa shape index (κ1) is 16.3. The van der Waals surface area contributed by atoms with Gasteiger partial charge in [-0.2, -0.15) is 0 Å². The molecule has 0 bridgehead atoms. The van der Waals surface area contributed by atoms with Gasteiger partial charge in [0.25, 0.3) is 0 Å². The summed E-state index contributed by atoms with van der Waals surface area (Å²) in [4.78, 5) is 24.1. The van der Waals surface area contributed by atoms with E-state index in [2.05, 4.69) is 9.64 Å². The number of carbonyl (C=O) groups excluding carboxylic acids is 1. The molecule has 6 nitrogen and oxygen atoms in total. The van der Waals surface area contributed by atoms with E-state index in [9.17, 15) is 9.59 Å². The number of piperidine rings is 1. The zero-order chi connectivity index (χ0) is 15.9. The zero-order valence-electron chi connectivity index (χ0n) is 12.7. The van der Waals surface area contributed by atoms with Gasteiger partial charge in [0.05, 0.1) is 19.1 Å². The van der Waals surface area contributed by atoms with E-state index in [1.807, 2.05) is 0 Å². The number of carbonyl (C=O) groups is 2. The lowest BCUT2D eigenvalue weighted by molar-refractivity contribution is -0.137. The van der Waals surface area contributed by atoms with E-state index in [1.54, 1.807) is 24.3 Å². The van der Waals surface area contributed by atoms with Crippen molar-refractivity contribution < 1.29 is 24.2 Å². The van der Waals surface area contributed by atoms with E-state index in [-0.39, 0.29) is 18.5 Å². The Balaban J connectivity index is 1.87. The number of nitrogens with zero attached hydrogens (tertiary/aromatic N) is 1. The molecule has 0 aromatic heterocycles. The van der Waals surface area contributed by atoms with Gasteiger partial charge in [-0.05, 0) is 43.7 Å². The van der Waals surface area contributed by atoms with Crippen molar-refractivity contribution >= 4 is 11.9 Å². The van der Waals surface area contributed by atoms with Gasteiger partial charge in [0, 0.05) is 13.1 Å². The van der Waals surface area contributed by atoms with E-state index in [0.717, 1.165) is 25.9 Å². The monoisotopic (exact) mass is 307 g/mol. The van der Waals surface area contributed by atoms with Crippen LogP contribution in [0.1, 0.15) is 29.6 Å². The molecular weight excluding hydrogens is 286 g/mol. The minimum Gasteiger partial charge on any atom is -0.489 e. The number of ether oxygens (including phenoxy) is 2. The molecule has 6 heteroatoms.